The lowest BCUT2D eigenvalue weighted by atomic mass is 9.85. The van der Waals surface area contributed by atoms with Crippen molar-refractivity contribution in [3.63, 3.8) is 0 Å². The summed E-state index contributed by atoms with van der Waals surface area (Å²) in [6.07, 6.45) is 9.61. The summed E-state index contributed by atoms with van der Waals surface area (Å²) in [4.78, 5) is 0. The summed E-state index contributed by atoms with van der Waals surface area (Å²) in [6.45, 7) is 0. The Morgan fingerprint density at radius 2 is 1.50 bits per heavy atom. The standard InChI is InChI=1S/C18H9/c1-3-7-13-11(5-1)15-9-10-16-12-6-2-4-8-14(12)18(16)17(13)15/h1-5,7-10H/q+1. The molecule has 1 aliphatic carbocycles. The molecule has 18 heavy (non-hydrogen) atoms. The van der Waals surface area contributed by atoms with E-state index >= 15 is 0 Å². The lowest BCUT2D eigenvalue weighted by Gasteiger charge is -2.14. The van der Waals surface area contributed by atoms with E-state index in [4.69, 9.17) is 0 Å². The Labute approximate surface area is 104 Å². The van der Waals surface area contributed by atoms with Crippen molar-refractivity contribution in [1.82, 2.24) is 0 Å². The minimum Gasteiger partial charge on any atom is -0.0616 e. The van der Waals surface area contributed by atoms with E-state index in [2.05, 4.69) is 54.6 Å². The van der Waals surface area contributed by atoms with Crippen LogP contribution in [0.3, 0.4) is 0 Å². The number of rotatable bonds is 0. The highest BCUT2D eigenvalue weighted by atomic mass is 14.2. The molecule has 4 aromatic rings. The second-order valence-corrected chi connectivity index (χ2v) is 4.92. The van der Waals surface area contributed by atoms with Gasteiger partial charge in [0.2, 0.25) is 0 Å². The zero-order chi connectivity index (χ0) is 11.7. The van der Waals surface area contributed by atoms with Crippen LogP contribution in [-0.4, -0.2) is 0 Å². The summed E-state index contributed by atoms with van der Waals surface area (Å²) in [6, 6.07) is 13.2. The smallest absolute Gasteiger partial charge is 0.0616 e. The summed E-state index contributed by atoms with van der Waals surface area (Å²) in [7, 11) is 0. The molecule has 0 nitrogen and oxygen atoms in total. The molecule has 0 fully saturated rings. The molecule has 0 heterocycles. The zero-order valence-electron chi connectivity index (χ0n) is 9.70. The van der Waals surface area contributed by atoms with Crippen LogP contribution in [0.5, 0.6) is 0 Å². The highest BCUT2D eigenvalue weighted by molar-refractivity contribution is 6.34. The van der Waals surface area contributed by atoms with Crippen molar-refractivity contribution in [1.29, 1.82) is 0 Å². The van der Waals surface area contributed by atoms with Crippen LogP contribution in [0.1, 0.15) is 0 Å². The fourth-order valence-electron chi connectivity index (χ4n) is 3.27. The van der Waals surface area contributed by atoms with Crippen molar-refractivity contribution < 1.29 is 0 Å². The first kappa shape index (κ1) is 8.63. The molecule has 0 aliphatic heterocycles. The van der Waals surface area contributed by atoms with Crippen LogP contribution >= 0.6 is 0 Å². The monoisotopic (exact) mass is 225 g/mol. The second-order valence-electron chi connectivity index (χ2n) is 4.92. The van der Waals surface area contributed by atoms with Crippen molar-refractivity contribution in [2.45, 2.75) is 0 Å². The second kappa shape index (κ2) is 2.69. The van der Waals surface area contributed by atoms with E-state index in [9.17, 15) is 0 Å². The van der Waals surface area contributed by atoms with Gasteiger partial charge in [0, 0.05) is 23.6 Å². The summed E-state index contributed by atoms with van der Waals surface area (Å²) in [5, 5.41) is 11.1. The van der Waals surface area contributed by atoms with Gasteiger partial charge in [-0.2, -0.15) is 0 Å². The molecule has 0 N–H and O–H groups in total. The molecule has 0 aromatic heterocycles. The van der Waals surface area contributed by atoms with Gasteiger partial charge in [0.1, 0.15) is 0 Å². The molecule has 0 heteroatoms. The normalized spacial score (nSPS) is 13.8. The maximum Gasteiger partial charge on any atom is 0.165 e. The number of hydrogen-bond donors (Lipinski definition) is 0. The Kier molecular flexibility index (Phi) is 1.29. The number of fused-ring (bicyclic) bond motifs is 9. The number of benzene rings is 2. The molecular weight excluding hydrogens is 216 g/mol. The minimum atomic E-state index is 1.28. The summed E-state index contributed by atoms with van der Waals surface area (Å²) in [5.74, 6) is 0. The van der Waals surface area contributed by atoms with E-state index in [1.54, 1.807) is 0 Å². The first-order valence-corrected chi connectivity index (χ1v) is 6.23. The molecule has 0 saturated heterocycles. The molecule has 0 bridgehead atoms. The SMILES string of the molecule is [C+]1=c2c(c3c2ccc2c4ccccc4c23)=CC=C1. The third-order valence-corrected chi connectivity index (χ3v) is 4.09. The third kappa shape index (κ3) is 0.776. The van der Waals surface area contributed by atoms with Crippen LogP contribution in [0.4, 0.5) is 0 Å². The predicted octanol–water partition coefficient (Wildman–Crippen LogP) is 3.03. The largest absolute Gasteiger partial charge is 0.165 e. The van der Waals surface area contributed by atoms with Crippen LogP contribution in [-0.2, 0) is 0 Å². The fourth-order valence-corrected chi connectivity index (χ4v) is 3.27. The molecule has 0 atom stereocenters. The molecule has 80 valence electrons. The number of hydrogen-bond acceptors (Lipinski definition) is 0. The van der Waals surface area contributed by atoms with E-state index in [1.165, 1.54) is 42.8 Å². The van der Waals surface area contributed by atoms with Gasteiger partial charge in [-0.05, 0) is 28.3 Å². The fraction of sp³-hybridized carbons (Fsp3) is 0. The topological polar surface area (TPSA) is 0 Å². The van der Waals surface area contributed by atoms with Crippen LogP contribution in [0, 0.1) is 0 Å². The predicted molar refractivity (Wildman–Crippen MR) is 77.6 cm³/mol. The Hall–Kier alpha value is -2.43. The van der Waals surface area contributed by atoms with Crippen LogP contribution < -0.4 is 10.4 Å². The van der Waals surface area contributed by atoms with Crippen LogP contribution in [0.15, 0.2) is 48.6 Å². The molecule has 0 unspecified atom stereocenters. The molecular formula is C18H9+. The van der Waals surface area contributed by atoms with Crippen molar-refractivity contribution in [3.8, 4) is 0 Å². The number of allylic oxidation sites excluding steroid dienone is 2. The Bertz CT molecular complexity index is 1030. The molecule has 0 saturated carbocycles. The van der Waals surface area contributed by atoms with Gasteiger partial charge >= 0.3 is 0 Å². The van der Waals surface area contributed by atoms with Crippen molar-refractivity contribution >= 4 is 44.5 Å². The van der Waals surface area contributed by atoms with E-state index in [0.717, 1.165) is 0 Å². The lowest BCUT2D eigenvalue weighted by molar-refractivity contribution is 1.60. The van der Waals surface area contributed by atoms with E-state index in [1.807, 2.05) is 6.08 Å². The zero-order valence-corrected chi connectivity index (χ0v) is 9.70. The minimum absolute atomic E-state index is 1.28. The average molecular weight is 225 g/mol. The van der Waals surface area contributed by atoms with Gasteiger partial charge in [-0.1, -0.05) is 24.3 Å². The average Bonchev–Trinajstić information content (AvgIpc) is 2.41. The van der Waals surface area contributed by atoms with Gasteiger partial charge in [0.15, 0.2) is 5.22 Å². The van der Waals surface area contributed by atoms with Gasteiger partial charge in [0.05, 0.1) is 22.1 Å². The molecule has 1 aliphatic rings. The first-order chi connectivity index (χ1) is 8.95. The molecule has 0 amide bonds. The molecule has 5 rings (SSSR count). The van der Waals surface area contributed by atoms with Gasteiger partial charge in [0.25, 0.3) is 0 Å². The van der Waals surface area contributed by atoms with Gasteiger partial charge in [-0.25, -0.2) is 0 Å². The van der Waals surface area contributed by atoms with Gasteiger partial charge in [-0.3, -0.25) is 0 Å². The molecule has 0 spiro atoms. The van der Waals surface area contributed by atoms with Crippen molar-refractivity contribution in [2.24, 2.45) is 0 Å². The Morgan fingerprint density at radius 1 is 0.722 bits per heavy atom. The van der Waals surface area contributed by atoms with Gasteiger partial charge in [-0.15, -0.1) is 0 Å². The van der Waals surface area contributed by atoms with Crippen LogP contribution in [0.25, 0.3) is 44.5 Å². The van der Waals surface area contributed by atoms with Gasteiger partial charge < -0.3 is 0 Å². The van der Waals surface area contributed by atoms with Crippen LogP contribution in [0.2, 0.25) is 0 Å². The summed E-state index contributed by atoms with van der Waals surface area (Å²) < 4.78 is 0. The summed E-state index contributed by atoms with van der Waals surface area (Å²) >= 11 is 0. The Morgan fingerprint density at radius 3 is 2.44 bits per heavy atom. The maximum absolute atomic E-state index is 3.34. The quantitative estimate of drug-likeness (QED) is 0.403. The Balaban J connectivity index is 2.12. The highest BCUT2D eigenvalue weighted by Crippen LogP contribution is 2.38. The van der Waals surface area contributed by atoms with Crippen molar-refractivity contribution in [2.75, 3.05) is 0 Å². The van der Waals surface area contributed by atoms with E-state index < -0.39 is 0 Å². The maximum atomic E-state index is 3.34. The first-order valence-electron chi connectivity index (χ1n) is 6.23. The molecule has 4 aromatic carbocycles. The third-order valence-electron chi connectivity index (χ3n) is 4.09. The summed E-state index contributed by atoms with van der Waals surface area (Å²) in [5.41, 5.74) is 0. The highest BCUT2D eigenvalue weighted by Gasteiger charge is 2.22. The van der Waals surface area contributed by atoms with Crippen molar-refractivity contribution in [3.05, 3.63) is 59.0 Å². The van der Waals surface area contributed by atoms with E-state index in [-0.39, 0.29) is 0 Å². The molecule has 0 radical (unpaired) electrons. The van der Waals surface area contributed by atoms with E-state index in [0.29, 0.717) is 0 Å². The lowest BCUT2D eigenvalue weighted by Crippen LogP contribution is -2.33.